The van der Waals surface area contributed by atoms with Crippen molar-refractivity contribution in [2.45, 2.75) is 31.0 Å². The van der Waals surface area contributed by atoms with Crippen molar-refractivity contribution < 1.29 is 4.39 Å². The molecule has 16 heavy (non-hydrogen) atoms. The average molecular weight is 306 g/mol. The molecule has 3 heteroatoms. The topological polar surface area (TPSA) is 0 Å². The van der Waals surface area contributed by atoms with Crippen LogP contribution in [0.2, 0.25) is 5.02 Å². The van der Waals surface area contributed by atoms with E-state index in [2.05, 4.69) is 22.9 Å². The molecule has 2 rings (SSSR count). The van der Waals surface area contributed by atoms with E-state index in [4.69, 9.17) is 11.6 Å². The van der Waals surface area contributed by atoms with Crippen LogP contribution in [0.5, 0.6) is 0 Å². The minimum Gasteiger partial charge on any atom is -0.207 e. The molecule has 1 fully saturated rings. The van der Waals surface area contributed by atoms with Crippen LogP contribution in [0, 0.1) is 17.7 Å². The molecule has 0 amide bonds. The molecular formula is C13H15BrClF. The smallest absolute Gasteiger partial charge is 0.123 e. The van der Waals surface area contributed by atoms with Crippen LogP contribution in [0.15, 0.2) is 18.2 Å². The molecule has 3 unspecified atom stereocenters. The van der Waals surface area contributed by atoms with Gasteiger partial charge in [0.05, 0.1) is 0 Å². The van der Waals surface area contributed by atoms with Gasteiger partial charge in [-0.3, -0.25) is 0 Å². The van der Waals surface area contributed by atoms with Crippen molar-refractivity contribution in [1.82, 2.24) is 0 Å². The van der Waals surface area contributed by atoms with Crippen LogP contribution in [0.3, 0.4) is 0 Å². The van der Waals surface area contributed by atoms with Gasteiger partial charge in [-0.2, -0.15) is 0 Å². The Morgan fingerprint density at radius 3 is 2.81 bits per heavy atom. The molecule has 1 saturated carbocycles. The molecule has 0 radical (unpaired) electrons. The van der Waals surface area contributed by atoms with E-state index in [-0.39, 0.29) is 5.82 Å². The second-order valence-corrected chi connectivity index (χ2v) is 6.24. The van der Waals surface area contributed by atoms with Crippen molar-refractivity contribution in [1.29, 1.82) is 0 Å². The maximum atomic E-state index is 13.1. The Balaban J connectivity index is 2.12. The number of hydrogen-bond donors (Lipinski definition) is 0. The quantitative estimate of drug-likeness (QED) is 0.686. The molecule has 0 heterocycles. The first kappa shape index (κ1) is 12.4. The van der Waals surface area contributed by atoms with Gasteiger partial charge in [-0.25, -0.2) is 4.39 Å². The van der Waals surface area contributed by atoms with Crippen LogP contribution in [0.4, 0.5) is 4.39 Å². The highest BCUT2D eigenvalue weighted by Gasteiger charge is 2.31. The van der Waals surface area contributed by atoms with Crippen molar-refractivity contribution in [3.05, 3.63) is 34.6 Å². The summed E-state index contributed by atoms with van der Waals surface area (Å²) in [5.41, 5.74) is 0.945. The number of hydrogen-bond acceptors (Lipinski definition) is 0. The fourth-order valence-electron chi connectivity index (χ4n) is 2.46. The third kappa shape index (κ3) is 2.60. The lowest BCUT2D eigenvalue weighted by atomic mass is 9.91. The van der Waals surface area contributed by atoms with Crippen LogP contribution in [0.25, 0.3) is 0 Å². The Labute approximate surface area is 109 Å². The fraction of sp³-hybridized carbons (Fsp3) is 0.538. The van der Waals surface area contributed by atoms with E-state index < -0.39 is 0 Å². The van der Waals surface area contributed by atoms with Crippen molar-refractivity contribution in [2.75, 3.05) is 0 Å². The lowest BCUT2D eigenvalue weighted by molar-refractivity contribution is 0.423. The first-order valence-electron chi connectivity index (χ1n) is 5.66. The third-order valence-electron chi connectivity index (χ3n) is 3.62. The first-order valence-corrected chi connectivity index (χ1v) is 6.95. The summed E-state index contributed by atoms with van der Waals surface area (Å²) in [6.07, 6.45) is 3.29. The zero-order valence-corrected chi connectivity index (χ0v) is 11.6. The second-order valence-electron chi connectivity index (χ2n) is 4.65. The average Bonchev–Trinajstić information content (AvgIpc) is 2.55. The summed E-state index contributed by atoms with van der Waals surface area (Å²) >= 11 is 9.76. The largest absolute Gasteiger partial charge is 0.207 e. The van der Waals surface area contributed by atoms with Gasteiger partial charge in [0.1, 0.15) is 5.82 Å². The van der Waals surface area contributed by atoms with Gasteiger partial charge in [0.15, 0.2) is 0 Å². The molecule has 0 spiro atoms. The number of alkyl halides is 1. The highest BCUT2D eigenvalue weighted by atomic mass is 79.9. The van der Waals surface area contributed by atoms with E-state index in [1.165, 1.54) is 18.9 Å². The van der Waals surface area contributed by atoms with Gasteiger partial charge in [-0.05, 0) is 54.9 Å². The predicted octanol–water partition coefficient (Wildman–Crippen LogP) is 4.83. The fourth-order valence-corrected chi connectivity index (χ4v) is 3.36. The SMILES string of the molecule is CC1C(Br)CCC1Cc1cc(F)ccc1Cl. The summed E-state index contributed by atoms with van der Waals surface area (Å²) in [6, 6.07) is 4.63. The minimum atomic E-state index is -0.194. The molecular weight excluding hydrogens is 290 g/mol. The summed E-state index contributed by atoms with van der Waals surface area (Å²) in [6.45, 7) is 2.25. The molecule has 1 aliphatic rings. The minimum absolute atomic E-state index is 0.194. The van der Waals surface area contributed by atoms with Gasteiger partial charge in [0.25, 0.3) is 0 Å². The molecule has 1 aromatic carbocycles. The van der Waals surface area contributed by atoms with Gasteiger partial charge < -0.3 is 0 Å². The Morgan fingerprint density at radius 1 is 1.44 bits per heavy atom. The first-order chi connectivity index (χ1) is 7.58. The van der Waals surface area contributed by atoms with E-state index in [1.54, 1.807) is 12.1 Å². The van der Waals surface area contributed by atoms with Gasteiger partial charge in [0, 0.05) is 9.85 Å². The summed E-state index contributed by atoms with van der Waals surface area (Å²) in [5.74, 6) is 1.06. The molecule has 1 aromatic rings. The molecule has 0 N–H and O–H groups in total. The summed E-state index contributed by atoms with van der Waals surface area (Å²) in [7, 11) is 0. The highest BCUT2D eigenvalue weighted by Crippen LogP contribution is 2.39. The molecule has 0 nitrogen and oxygen atoms in total. The Bertz CT molecular complexity index is 380. The van der Waals surface area contributed by atoms with E-state index in [9.17, 15) is 4.39 Å². The van der Waals surface area contributed by atoms with E-state index in [0.717, 1.165) is 12.0 Å². The van der Waals surface area contributed by atoms with Crippen molar-refractivity contribution in [2.24, 2.45) is 11.8 Å². The zero-order chi connectivity index (χ0) is 11.7. The Hall–Kier alpha value is -0.0800. The van der Waals surface area contributed by atoms with Crippen LogP contribution in [-0.2, 0) is 6.42 Å². The maximum absolute atomic E-state index is 13.1. The van der Waals surface area contributed by atoms with Crippen LogP contribution in [-0.4, -0.2) is 4.83 Å². The molecule has 0 bridgehead atoms. The molecule has 0 aromatic heterocycles. The normalized spacial score (nSPS) is 29.6. The third-order valence-corrected chi connectivity index (χ3v) is 5.28. The van der Waals surface area contributed by atoms with E-state index in [0.29, 0.717) is 21.7 Å². The summed E-state index contributed by atoms with van der Waals surface area (Å²) < 4.78 is 13.1. The van der Waals surface area contributed by atoms with Crippen molar-refractivity contribution in [3.63, 3.8) is 0 Å². The zero-order valence-electron chi connectivity index (χ0n) is 9.22. The molecule has 0 aliphatic heterocycles. The van der Waals surface area contributed by atoms with Crippen molar-refractivity contribution >= 4 is 27.5 Å². The van der Waals surface area contributed by atoms with Gasteiger partial charge in [-0.1, -0.05) is 34.5 Å². The lowest BCUT2D eigenvalue weighted by Crippen LogP contribution is -2.13. The summed E-state index contributed by atoms with van der Waals surface area (Å²) in [5, 5.41) is 0.687. The standard InChI is InChI=1S/C13H15BrClF/c1-8-9(2-4-12(8)14)6-10-7-11(16)3-5-13(10)15/h3,5,7-9,12H,2,4,6H2,1H3. The molecule has 1 aliphatic carbocycles. The molecule has 88 valence electrons. The van der Waals surface area contributed by atoms with Crippen LogP contribution in [0.1, 0.15) is 25.3 Å². The number of halogens is 3. The maximum Gasteiger partial charge on any atom is 0.123 e. The Morgan fingerprint density at radius 2 is 2.19 bits per heavy atom. The molecule has 3 atom stereocenters. The van der Waals surface area contributed by atoms with Gasteiger partial charge in [0.2, 0.25) is 0 Å². The lowest BCUT2D eigenvalue weighted by Gasteiger charge is -2.17. The van der Waals surface area contributed by atoms with Crippen LogP contribution < -0.4 is 0 Å². The number of rotatable bonds is 2. The summed E-state index contributed by atoms with van der Waals surface area (Å²) in [4.78, 5) is 0.602. The van der Waals surface area contributed by atoms with Gasteiger partial charge in [-0.15, -0.1) is 0 Å². The van der Waals surface area contributed by atoms with E-state index >= 15 is 0 Å². The second kappa shape index (κ2) is 5.05. The molecule has 0 saturated heterocycles. The number of benzene rings is 1. The highest BCUT2D eigenvalue weighted by molar-refractivity contribution is 9.09. The monoisotopic (exact) mass is 304 g/mol. The predicted molar refractivity (Wildman–Crippen MR) is 69.7 cm³/mol. The van der Waals surface area contributed by atoms with Crippen LogP contribution >= 0.6 is 27.5 Å². The van der Waals surface area contributed by atoms with Crippen molar-refractivity contribution in [3.8, 4) is 0 Å². The Kier molecular flexibility index (Phi) is 3.91. The van der Waals surface area contributed by atoms with E-state index in [1.807, 2.05) is 0 Å². The van der Waals surface area contributed by atoms with Gasteiger partial charge >= 0.3 is 0 Å².